The minimum absolute atomic E-state index is 0.0217. The summed E-state index contributed by atoms with van der Waals surface area (Å²) in [6.45, 7) is 8.73. The third-order valence-corrected chi connectivity index (χ3v) is 11.0. The first-order chi connectivity index (χ1) is 25.5. The van der Waals surface area contributed by atoms with Crippen LogP contribution in [0.25, 0.3) is 21.7 Å². The van der Waals surface area contributed by atoms with Gasteiger partial charge in [0.15, 0.2) is 5.78 Å². The minimum atomic E-state index is -4.47. The maximum atomic E-state index is 11.2. The number of aromatic nitrogens is 1. The number of phenolic OH excluding ortho intramolecular Hbond substituents is 1. The van der Waals surface area contributed by atoms with Gasteiger partial charge >= 0.3 is 0 Å². The summed E-state index contributed by atoms with van der Waals surface area (Å²) in [7, 11) is -6.72. The van der Waals surface area contributed by atoms with Crippen molar-refractivity contribution in [2.24, 2.45) is 0 Å². The molecule has 0 bridgehead atoms. The van der Waals surface area contributed by atoms with E-state index in [1.165, 1.54) is 64.5 Å². The van der Waals surface area contributed by atoms with E-state index in [4.69, 9.17) is 9.11 Å². The quantitative estimate of drug-likeness (QED) is 0.0830. The summed E-state index contributed by atoms with van der Waals surface area (Å²) in [5, 5.41) is 11.1. The van der Waals surface area contributed by atoms with E-state index >= 15 is 0 Å². The van der Waals surface area contributed by atoms with Gasteiger partial charge in [-0.3, -0.25) is 13.9 Å². The largest absolute Gasteiger partial charge is 0.508 e. The van der Waals surface area contributed by atoms with Crippen molar-refractivity contribution in [2.75, 3.05) is 13.6 Å². The Morgan fingerprint density at radius 2 is 1.31 bits per heavy atom. The number of benzene rings is 5. The monoisotopic (exact) mass is 768 g/mol. The fraction of sp³-hybridized carbons (Fsp3) is 0.214. The molecule has 6 aromatic rings. The van der Waals surface area contributed by atoms with E-state index in [1.807, 2.05) is 19.9 Å². The van der Waals surface area contributed by atoms with E-state index in [0.29, 0.717) is 12.0 Å². The van der Waals surface area contributed by atoms with Crippen LogP contribution in [-0.2, 0) is 46.2 Å². The molecule has 0 spiro atoms. The Balaban J connectivity index is 0.000000159. The molecule has 0 amide bonds. The third kappa shape index (κ3) is 9.70. The van der Waals surface area contributed by atoms with E-state index in [0.717, 1.165) is 43.8 Å². The average molecular weight is 769 g/mol. The molecule has 2 heterocycles. The van der Waals surface area contributed by atoms with Crippen molar-refractivity contribution in [3.63, 3.8) is 0 Å². The molecule has 10 nitrogen and oxygen atoms in total. The molecule has 0 radical (unpaired) electrons. The average Bonchev–Trinajstić information content (AvgIpc) is 3.43. The molecule has 0 atom stereocenters. The second-order valence-electron chi connectivity index (χ2n) is 13.4. The van der Waals surface area contributed by atoms with Gasteiger partial charge in [-0.1, -0.05) is 84.4 Å². The first-order valence-corrected chi connectivity index (χ1v) is 20.2. The first-order valence-electron chi connectivity index (χ1n) is 17.3. The van der Waals surface area contributed by atoms with Gasteiger partial charge in [0.05, 0.1) is 0 Å². The normalized spacial score (nSPS) is 12.9. The predicted molar refractivity (Wildman–Crippen MR) is 212 cm³/mol. The number of hydrogen-bond donors (Lipinski definition) is 3. The number of ketones is 1. The fourth-order valence-electron chi connectivity index (χ4n) is 6.47. The standard InChI is InChI=1S/C19H20N2.C13H16O2.C10H8O6S2/c1-20-12-11-19-17(14-20)16-9-5-6-10-18(16)21(19)13-15-7-3-2-4-8-15;1-9(2)4-5-12-8-11(10(3)14)6-7-13(12)15;11-17(12,13)9-5-1-3-7-8(9)4-2-6-10(7)18(14,15)16/h2-10H,11-14H2,1H3;4,6-8,15H,5H2,1-3H3;1-6H,(H,11,12,13)(H,14,15,16). The molecule has 54 heavy (non-hydrogen) atoms. The van der Waals surface area contributed by atoms with Crippen molar-refractivity contribution in [3.05, 3.63) is 149 Å². The number of allylic oxidation sites excluding steroid dienone is 2. The maximum absolute atomic E-state index is 11.2. The summed E-state index contributed by atoms with van der Waals surface area (Å²) in [5.74, 6) is 0.269. The summed E-state index contributed by atoms with van der Waals surface area (Å²) in [5.41, 5.74) is 8.44. The van der Waals surface area contributed by atoms with Crippen molar-refractivity contribution < 1.29 is 35.8 Å². The zero-order valence-corrected chi connectivity index (χ0v) is 32.2. The van der Waals surface area contributed by atoms with Crippen LogP contribution < -0.4 is 0 Å². The number of nitrogens with zero attached hydrogens (tertiary/aromatic N) is 2. The van der Waals surface area contributed by atoms with Crippen molar-refractivity contribution in [1.29, 1.82) is 0 Å². The number of rotatable bonds is 7. The lowest BCUT2D eigenvalue weighted by molar-refractivity contribution is 0.101. The third-order valence-electron chi connectivity index (χ3n) is 9.15. The van der Waals surface area contributed by atoms with Crippen molar-refractivity contribution in [1.82, 2.24) is 9.47 Å². The van der Waals surface area contributed by atoms with Crippen LogP contribution in [0.3, 0.4) is 0 Å². The van der Waals surface area contributed by atoms with Gasteiger partial charge in [0, 0.05) is 59.0 Å². The zero-order valence-electron chi connectivity index (χ0n) is 30.6. The highest BCUT2D eigenvalue weighted by Crippen LogP contribution is 2.31. The van der Waals surface area contributed by atoms with Gasteiger partial charge in [-0.05, 0) is 87.3 Å². The lowest BCUT2D eigenvalue weighted by atomic mass is 10.0. The number of hydrogen-bond acceptors (Lipinski definition) is 7. The Morgan fingerprint density at radius 1 is 0.741 bits per heavy atom. The Bertz CT molecular complexity index is 2490. The van der Waals surface area contributed by atoms with Crippen LogP contribution in [0.4, 0.5) is 0 Å². The van der Waals surface area contributed by atoms with Crippen LogP contribution in [0.15, 0.2) is 131 Å². The Morgan fingerprint density at radius 3 is 1.89 bits per heavy atom. The molecule has 1 aliphatic rings. The maximum Gasteiger partial charge on any atom is 0.295 e. The lowest BCUT2D eigenvalue weighted by Crippen LogP contribution is -2.27. The number of phenols is 1. The molecule has 0 saturated carbocycles. The Hall–Kier alpha value is -5.11. The minimum Gasteiger partial charge on any atom is -0.508 e. The molecule has 12 heteroatoms. The van der Waals surface area contributed by atoms with Crippen molar-refractivity contribution in [2.45, 2.75) is 56.5 Å². The molecule has 0 unspecified atom stereocenters. The zero-order chi connectivity index (χ0) is 39.2. The number of carbonyl (C=O) groups is 1. The van der Waals surface area contributed by atoms with Crippen LogP contribution in [0.1, 0.15) is 53.5 Å². The van der Waals surface area contributed by atoms with Gasteiger partial charge < -0.3 is 14.6 Å². The van der Waals surface area contributed by atoms with Crippen molar-refractivity contribution >= 4 is 47.7 Å². The number of Topliss-reactive ketones (excluding diaryl/α,β-unsaturated/α-hetero) is 1. The highest BCUT2D eigenvalue weighted by molar-refractivity contribution is 7.86. The van der Waals surface area contributed by atoms with E-state index in [9.17, 15) is 26.7 Å². The predicted octanol–water partition coefficient (Wildman–Crippen LogP) is 8.11. The van der Waals surface area contributed by atoms with E-state index in [-0.39, 0.29) is 22.3 Å². The second kappa shape index (κ2) is 16.9. The summed E-state index contributed by atoms with van der Waals surface area (Å²) in [6.07, 6.45) is 3.83. The number of likely N-dealkylation sites (N-methyl/N-ethyl adjacent to an activating group) is 1. The fourth-order valence-corrected chi connectivity index (χ4v) is 7.88. The van der Waals surface area contributed by atoms with Gasteiger partial charge in [-0.2, -0.15) is 16.8 Å². The van der Waals surface area contributed by atoms with Gasteiger partial charge in [-0.15, -0.1) is 0 Å². The molecule has 0 aliphatic carbocycles. The SMILES string of the molecule is CC(=O)c1ccc(O)c(CC=C(C)C)c1.CN1CCc2c(c3ccccc3n2Cc2ccccc2)C1.O=S(=O)(O)c1cccc2c(S(=O)(=O)O)cccc12. The van der Waals surface area contributed by atoms with E-state index in [1.54, 1.807) is 18.2 Å². The molecule has 1 aromatic heterocycles. The van der Waals surface area contributed by atoms with E-state index in [2.05, 4.69) is 71.1 Å². The molecule has 0 fully saturated rings. The number of fused-ring (bicyclic) bond motifs is 4. The van der Waals surface area contributed by atoms with Gasteiger partial charge in [0.25, 0.3) is 20.2 Å². The lowest BCUT2D eigenvalue weighted by Gasteiger charge is -2.24. The number of para-hydroxylation sites is 1. The van der Waals surface area contributed by atoms with Crippen LogP contribution >= 0.6 is 0 Å². The molecule has 0 saturated heterocycles. The molecular formula is C42H44N2O8S2. The molecule has 5 aromatic carbocycles. The topological polar surface area (TPSA) is 154 Å². The molecule has 282 valence electrons. The van der Waals surface area contributed by atoms with Crippen LogP contribution in [-0.4, -0.2) is 59.9 Å². The molecular weight excluding hydrogens is 725 g/mol. The van der Waals surface area contributed by atoms with Crippen molar-refractivity contribution in [3.8, 4) is 5.75 Å². The number of carbonyl (C=O) groups excluding carboxylic acids is 1. The Kier molecular flexibility index (Phi) is 12.6. The highest BCUT2D eigenvalue weighted by Gasteiger charge is 2.22. The summed E-state index contributed by atoms with van der Waals surface area (Å²) >= 11 is 0. The summed E-state index contributed by atoms with van der Waals surface area (Å²) in [6, 6.07) is 32.1. The molecule has 7 rings (SSSR count). The van der Waals surface area contributed by atoms with Gasteiger partial charge in [0.1, 0.15) is 15.5 Å². The summed E-state index contributed by atoms with van der Waals surface area (Å²) in [4.78, 5) is 12.7. The summed E-state index contributed by atoms with van der Waals surface area (Å²) < 4.78 is 65.2. The first kappa shape index (κ1) is 40.1. The van der Waals surface area contributed by atoms with Crippen LogP contribution in [0, 0.1) is 0 Å². The molecule has 3 N–H and O–H groups in total. The Labute approximate surface area is 316 Å². The van der Waals surface area contributed by atoms with Gasteiger partial charge in [0.2, 0.25) is 0 Å². The highest BCUT2D eigenvalue weighted by atomic mass is 32.2. The van der Waals surface area contributed by atoms with E-state index < -0.39 is 30.0 Å². The molecule has 1 aliphatic heterocycles. The second-order valence-corrected chi connectivity index (χ2v) is 16.2. The van der Waals surface area contributed by atoms with Gasteiger partial charge in [-0.25, -0.2) is 0 Å². The van der Waals surface area contributed by atoms with Crippen LogP contribution in [0.2, 0.25) is 0 Å². The number of aromatic hydroxyl groups is 1. The smallest absolute Gasteiger partial charge is 0.295 e. The van der Waals surface area contributed by atoms with Crippen LogP contribution in [0.5, 0.6) is 5.75 Å².